The van der Waals surface area contributed by atoms with E-state index < -0.39 is 51.2 Å². The van der Waals surface area contributed by atoms with E-state index in [4.69, 9.17) is 13.3 Å². The van der Waals surface area contributed by atoms with Crippen LogP contribution in [0.1, 0.15) is 40.0 Å². The molecule has 0 spiro atoms. The molecule has 4 unspecified atom stereocenters. The molecule has 2 aliphatic carbocycles. The molecular formula is C18H28F6O6Si. The third kappa shape index (κ3) is 5.05. The summed E-state index contributed by atoms with van der Waals surface area (Å²) in [5.41, 5.74) is -5.44. The summed E-state index contributed by atoms with van der Waals surface area (Å²) >= 11 is 0. The Balaban J connectivity index is 2.18. The molecule has 6 nitrogen and oxygen atoms in total. The van der Waals surface area contributed by atoms with E-state index in [9.17, 15) is 36.2 Å². The highest BCUT2D eigenvalue weighted by molar-refractivity contribution is 6.62. The largest absolute Gasteiger partial charge is 0.504 e. The van der Waals surface area contributed by atoms with Crippen LogP contribution in [0.5, 0.6) is 0 Å². The quantitative estimate of drug-likeness (QED) is 0.290. The molecule has 2 fully saturated rings. The molecule has 182 valence electrons. The monoisotopic (exact) mass is 482 g/mol. The van der Waals surface area contributed by atoms with Gasteiger partial charge in [0.05, 0.1) is 5.92 Å². The highest BCUT2D eigenvalue weighted by Gasteiger charge is 2.71. The molecule has 0 aromatic rings. The lowest BCUT2D eigenvalue weighted by Gasteiger charge is -2.39. The molecule has 0 saturated heterocycles. The van der Waals surface area contributed by atoms with Crippen LogP contribution in [0, 0.1) is 17.8 Å². The second-order valence-corrected chi connectivity index (χ2v) is 10.6. The van der Waals surface area contributed by atoms with E-state index in [1.807, 2.05) is 0 Å². The molecule has 2 saturated carbocycles. The van der Waals surface area contributed by atoms with E-state index in [0.29, 0.717) is 32.7 Å². The first kappa shape index (κ1) is 26.4. The number of esters is 1. The minimum Gasteiger partial charge on any atom is -0.462 e. The number of rotatable bonds is 10. The van der Waals surface area contributed by atoms with Gasteiger partial charge in [0, 0.05) is 25.4 Å². The third-order valence-electron chi connectivity index (χ3n) is 5.97. The van der Waals surface area contributed by atoms with E-state index in [1.54, 1.807) is 20.8 Å². The van der Waals surface area contributed by atoms with Gasteiger partial charge < -0.3 is 23.1 Å². The van der Waals surface area contributed by atoms with Crippen LogP contribution in [0.3, 0.4) is 0 Å². The van der Waals surface area contributed by atoms with Crippen molar-refractivity contribution in [3.8, 4) is 0 Å². The molecule has 4 atom stereocenters. The van der Waals surface area contributed by atoms with Gasteiger partial charge in [-0.3, -0.25) is 4.79 Å². The number of halogens is 6. The van der Waals surface area contributed by atoms with Crippen LogP contribution in [0.2, 0.25) is 5.54 Å². The molecule has 0 aromatic heterocycles. The van der Waals surface area contributed by atoms with Crippen LogP contribution >= 0.6 is 0 Å². The second kappa shape index (κ2) is 9.54. The third-order valence-corrected chi connectivity index (χ3v) is 9.61. The van der Waals surface area contributed by atoms with Gasteiger partial charge in [0.2, 0.25) is 0 Å². The van der Waals surface area contributed by atoms with Gasteiger partial charge in [0.25, 0.3) is 5.60 Å². The lowest BCUT2D eigenvalue weighted by molar-refractivity contribution is -0.375. The Bertz CT molecular complexity index is 597. The van der Waals surface area contributed by atoms with Crippen LogP contribution in [0.4, 0.5) is 26.3 Å². The van der Waals surface area contributed by atoms with Crippen molar-refractivity contribution in [2.75, 3.05) is 26.4 Å². The van der Waals surface area contributed by atoms with E-state index in [1.165, 1.54) is 0 Å². The molecule has 2 aliphatic rings. The summed E-state index contributed by atoms with van der Waals surface area (Å²) in [6.07, 6.45) is -10.6. The Morgan fingerprint density at radius 1 is 0.903 bits per heavy atom. The molecule has 0 heterocycles. The molecule has 2 rings (SSSR count). The zero-order valence-electron chi connectivity index (χ0n) is 17.5. The summed E-state index contributed by atoms with van der Waals surface area (Å²) in [6.45, 7) is 3.90. The minimum absolute atomic E-state index is 0.0323. The van der Waals surface area contributed by atoms with Gasteiger partial charge in [-0.15, -0.1) is 0 Å². The van der Waals surface area contributed by atoms with Crippen LogP contribution in [-0.2, 0) is 22.8 Å². The Morgan fingerprint density at radius 3 is 1.77 bits per heavy atom. The Hall–Kier alpha value is -0.893. The van der Waals surface area contributed by atoms with Crippen molar-refractivity contribution in [3.63, 3.8) is 0 Å². The number of hydrogen-bond acceptors (Lipinski definition) is 6. The molecule has 0 aromatic carbocycles. The smallest absolute Gasteiger partial charge is 0.462 e. The van der Waals surface area contributed by atoms with Gasteiger partial charge in [0.15, 0.2) is 0 Å². The van der Waals surface area contributed by atoms with Crippen LogP contribution < -0.4 is 0 Å². The fourth-order valence-electron chi connectivity index (χ4n) is 4.68. The number of alkyl halides is 6. The zero-order valence-corrected chi connectivity index (χ0v) is 18.5. The molecule has 1 N–H and O–H groups in total. The van der Waals surface area contributed by atoms with Crippen molar-refractivity contribution in [1.82, 2.24) is 0 Å². The van der Waals surface area contributed by atoms with E-state index in [0.717, 1.165) is 0 Å². The zero-order chi connectivity index (χ0) is 23.7. The molecule has 0 amide bonds. The number of fused-ring (bicyclic) bond motifs is 2. The maximum Gasteiger partial charge on any atom is 0.504 e. The Morgan fingerprint density at radius 2 is 1.39 bits per heavy atom. The molecular weight excluding hydrogens is 454 g/mol. The van der Waals surface area contributed by atoms with E-state index in [-0.39, 0.29) is 17.9 Å². The lowest BCUT2D eigenvalue weighted by atomic mass is 9.88. The first-order chi connectivity index (χ1) is 14.3. The summed E-state index contributed by atoms with van der Waals surface area (Å²) in [5, 5.41) is 9.22. The summed E-state index contributed by atoms with van der Waals surface area (Å²) in [6, 6.07) is 0. The van der Waals surface area contributed by atoms with E-state index >= 15 is 0 Å². The van der Waals surface area contributed by atoms with Crippen molar-refractivity contribution in [2.24, 2.45) is 17.8 Å². The van der Waals surface area contributed by atoms with Crippen molar-refractivity contribution >= 4 is 14.8 Å². The fraction of sp³-hybridized carbons (Fsp3) is 0.944. The van der Waals surface area contributed by atoms with Crippen LogP contribution in [0.25, 0.3) is 0 Å². The number of carbonyl (C=O) groups excluding carboxylic acids is 1. The SMILES string of the molecule is CCO[Si](OCC)(OCC)C1CC2CC(C(=O)OCC(O)(C(F)(F)F)C(F)(F)F)C1C2. The topological polar surface area (TPSA) is 74.2 Å². The number of carbonyl (C=O) groups is 1. The number of hydrogen-bond donors (Lipinski definition) is 1. The number of ether oxygens (including phenoxy) is 1. The second-order valence-electron chi connectivity index (χ2n) is 7.82. The van der Waals surface area contributed by atoms with Gasteiger partial charge in [-0.25, -0.2) is 0 Å². The highest BCUT2D eigenvalue weighted by Crippen LogP contribution is 2.59. The average molecular weight is 482 g/mol. The van der Waals surface area contributed by atoms with Gasteiger partial charge >= 0.3 is 27.1 Å². The van der Waals surface area contributed by atoms with E-state index in [2.05, 4.69) is 4.74 Å². The fourth-order valence-corrected chi connectivity index (χ4v) is 8.30. The lowest BCUT2D eigenvalue weighted by Crippen LogP contribution is -2.60. The van der Waals surface area contributed by atoms with Gasteiger partial charge in [-0.05, 0) is 51.9 Å². The number of aliphatic hydroxyl groups is 1. The maximum atomic E-state index is 12.8. The minimum atomic E-state index is -6.05. The Kier molecular flexibility index (Phi) is 8.11. The maximum absolute atomic E-state index is 12.8. The summed E-state index contributed by atoms with van der Waals surface area (Å²) in [5.74, 6) is -2.48. The summed E-state index contributed by atoms with van der Waals surface area (Å²) < 4.78 is 99.1. The normalized spacial score (nSPS) is 27.0. The first-order valence-corrected chi connectivity index (χ1v) is 12.0. The van der Waals surface area contributed by atoms with Crippen molar-refractivity contribution in [3.05, 3.63) is 0 Å². The van der Waals surface area contributed by atoms with Crippen molar-refractivity contribution < 1.29 is 54.3 Å². The first-order valence-electron chi connectivity index (χ1n) is 10.2. The molecule has 31 heavy (non-hydrogen) atoms. The Labute approximate surface area is 177 Å². The highest BCUT2D eigenvalue weighted by atomic mass is 28.4. The molecule has 0 aliphatic heterocycles. The van der Waals surface area contributed by atoms with Crippen LogP contribution in [-0.4, -0.2) is 64.3 Å². The van der Waals surface area contributed by atoms with Gasteiger partial charge in [-0.2, -0.15) is 26.3 Å². The standard InChI is InChI=1S/C18H28F6O6Si/c1-4-28-31(29-5-2,30-6-3)14-9-11-7-12(14)13(8-11)15(25)27-10-16(26,17(19,20)21)18(22,23)24/h11-14,26H,4-10H2,1-3H3. The average Bonchev–Trinajstić information content (AvgIpc) is 3.25. The molecule has 0 radical (unpaired) electrons. The molecule has 13 heteroatoms. The predicted octanol–water partition coefficient (Wildman–Crippen LogP) is 3.85. The van der Waals surface area contributed by atoms with Gasteiger partial charge in [-0.1, -0.05) is 0 Å². The summed E-state index contributed by atoms with van der Waals surface area (Å²) in [4.78, 5) is 12.5. The van der Waals surface area contributed by atoms with Gasteiger partial charge in [0.1, 0.15) is 6.61 Å². The van der Waals surface area contributed by atoms with Crippen LogP contribution in [0.15, 0.2) is 0 Å². The summed E-state index contributed by atoms with van der Waals surface area (Å²) in [7, 11) is -3.24. The predicted molar refractivity (Wildman–Crippen MR) is 96.7 cm³/mol. The van der Waals surface area contributed by atoms with Crippen molar-refractivity contribution in [2.45, 2.75) is 63.5 Å². The molecule has 2 bridgehead atoms. The van der Waals surface area contributed by atoms with Crippen molar-refractivity contribution in [1.29, 1.82) is 0 Å².